The van der Waals surface area contributed by atoms with E-state index in [1.54, 1.807) is 7.11 Å². The number of nitrogens with two attached hydrogens (primary N) is 1. The highest BCUT2D eigenvalue weighted by Crippen LogP contribution is 2.13. The largest absolute Gasteiger partial charge is 0.497 e. The minimum Gasteiger partial charge on any atom is -0.497 e. The Morgan fingerprint density at radius 3 is 2.00 bits per heavy atom. The van der Waals surface area contributed by atoms with E-state index in [2.05, 4.69) is 13.2 Å². The van der Waals surface area contributed by atoms with Crippen molar-refractivity contribution in [3.63, 3.8) is 0 Å². The second-order valence-electron chi connectivity index (χ2n) is 2.45. The van der Waals surface area contributed by atoms with E-state index >= 15 is 0 Å². The third kappa shape index (κ3) is 2.50. The molecule has 11 heavy (non-hydrogen) atoms. The molecule has 0 radical (unpaired) electrons. The SMILES string of the molecule is C=C(OC)/C(C)=C(/N)C(=C)C. The molecule has 0 saturated carbocycles. The summed E-state index contributed by atoms with van der Waals surface area (Å²) in [4.78, 5) is 0. The average Bonchev–Trinajstić information content (AvgIpc) is 2.00. The third-order valence-corrected chi connectivity index (χ3v) is 1.53. The van der Waals surface area contributed by atoms with Gasteiger partial charge in [-0.2, -0.15) is 0 Å². The molecule has 0 aromatic heterocycles. The predicted molar refractivity (Wildman–Crippen MR) is 47.9 cm³/mol. The Kier molecular flexibility index (Phi) is 3.45. The molecule has 0 aliphatic heterocycles. The van der Waals surface area contributed by atoms with E-state index in [1.807, 2.05) is 13.8 Å². The zero-order valence-electron chi connectivity index (χ0n) is 7.40. The summed E-state index contributed by atoms with van der Waals surface area (Å²) in [7, 11) is 1.57. The number of hydrogen-bond donors (Lipinski definition) is 1. The van der Waals surface area contributed by atoms with Gasteiger partial charge in [-0.3, -0.25) is 0 Å². The minimum atomic E-state index is 0.588. The molecule has 0 atom stereocenters. The van der Waals surface area contributed by atoms with E-state index in [1.165, 1.54) is 0 Å². The molecule has 2 N–H and O–H groups in total. The normalized spacial score (nSPS) is 11.9. The summed E-state index contributed by atoms with van der Waals surface area (Å²) >= 11 is 0. The molecule has 0 aliphatic carbocycles. The van der Waals surface area contributed by atoms with E-state index in [4.69, 9.17) is 10.5 Å². The number of rotatable bonds is 3. The van der Waals surface area contributed by atoms with Crippen LogP contribution >= 0.6 is 0 Å². The van der Waals surface area contributed by atoms with Gasteiger partial charge in [-0.15, -0.1) is 0 Å². The van der Waals surface area contributed by atoms with Crippen LogP contribution < -0.4 is 5.73 Å². The van der Waals surface area contributed by atoms with Crippen LogP contribution in [0.5, 0.6) is 0 Å². The van der Waals surface area contributed by atoms with Crippen LogP contribution in [-0.2, 0) is 4.74 Å². The van der Waals surface area contributed by atoms with Crippen LogP contribution in [0.3, 0.4) is 0 Å². The maximum Gasteiger partial charge on any atom is 0.116 e. The Bertz CT molecular complexity index is 214. The van der Waals surface area contributed by atoms with Gasteiger partial charge in [0.2, 0.25) is 0 Å². The maximum absolute atomic E-state index is 5.68. The Hall–Kier alpha value is -1.18. The van der Waals surface area contributed by atoms with Gasteiger partial charge >= 0.3 is 0 Å². The maximum atomic E-state index is 5.68. The summed E-state index contributed by atoms with van der Waals surface area (Å²) in [6, 6.07) is 0. The van der Waals surface area contributed by atoms with Crippen molar-refractivity contribution in [2.75, 3.05) is 7.11 Å². The lowest BCUT2D eigenvalue weighted by atomic mass is 10.1. The van der Waals surface area contributed by atoms with Crippen molar-refractivity contribution in [1.82, 2.24) is 0 Å². The van der Waals surface area contributed by atoms with Crippen molar-refractivity contribution in [2.24, 2.45) is 5.73 Å². The molecule has 62 valence electrons. The quantitative estimate of drug-likeness (QED) is 0.497. The summed E-state index contributed by atoms with van der Waals surface area (Å²) < 4.78 is 4.91. The fraction of sp³-hybridized carbons (Fsp3) is 0.333. The van der Waals surface area contributed by atoms with Crippen molar-refractivity contribution in [3.8, 4) is 0 Å². The van der Waals surface area contributed by atoms with Gasteiger partial charge in [0.15, 0.2) is 0 Å². The number of allylic oxidation sites excluding steroid dienone is 2. The van der Waals surface area contributed by atoms with Crippen LogP contribution in [-0.4, -0.2) is 7.11 Å². The molecule has 0 spiro atoms. The van der Waals surface area contributed by atoms with Gasteiger partial charge < -0.3 is 10.5 Å². The highest BCUT2D eigenvalue weighted by molar-refractivity contribution is 5.36. The van der Waals surface area contributed by atoms with Crippen molar-refractivity contribution in [2.45, 2.75) is 13.8 Å². The molecule has 0 bridgehead atoms. The molecular weight excluding hydrogens is 138 g/mol. The van der Waals surface area contributed by atoms with Gasteiger partial charge in [-0.1, -0.05) is 13.2 Å². The first kappa shape index (κ1) is 9.82. The molecule has 0 fully saturated rings. The Morgan fingerprint density at radius 2 is 1.73 bits per heavy atom. The van der Waals surface area contributed by atoms with Crippen LogP contribution in [0.4, 0.5) is 0 Å². The second kappa shape index (κ2) is 3.86. The molecule has 2 heteroatoms. The average molecular weight is 153 g/mol. The molecule has 0 amide bonds. The molecule has 0 unspecified atom stereocenters. The summed E-state index contributed by atoms with van der Waals surface area (Å²) in [5.74, 6) is 0.588. The highest BCUT2D eigenvalue weighted by atomic mass is 16.5. The van der Waals surface area contributed by atoms with Crippen LogP contribution in [0.2, 0.25) is 0 Å². The summed E-state index contributed by atoms with van der Waals surface area (Å²) in [5, 5.41) is 0. The van der Waals surface area contributed by atoms with Gasteiger partial charge in [0.05, 0.1) is 7.11 Å². The molecular formula is C9H15NO. The Morgan fingerprint density at radius 1 is 1.27 bits per heavy atom. The standard InChI is InChI=1S/C9H15NO/c1-6(2)9(10)7(3)8(4)11-5/h1,4,10H2,2-3,5H3/b9-7+. The van der Waals surface area contributed by atoms with E-state index in [0.717, 1.165) is 11.1 Å². The van der Waals surface area contributed by atoms with Crippen molar-refractivity contribution in [1.29, 1.82) is 0 Å². The van der Waals surface area contributed by atoms with Crippen LogP contribution in [0, 0.1) is 0 Å². The molecule has 0 aromatic carbocycles. The molecule has 0 rings (SSSR count). The van der Waals surface area contributed by atoms with Crippen molar-refractivity contribution in [3.05, 3.63) is 35.8 Å². The molecule has 2 nitrogen and oxygen atoms in total. The first-order valence-electron chi connectivity index (χ1n) is 3.36. The first-order valence-corrected chi connectivity index (χ1v) is 3.36. The van der Waals surface area contributed by atoms with Crippen LogP contribution in [0.15, 0.2) is 35.8 Å². The lowest BCUT2D eigenvalue weighted by Crippen LogP contribution is -2.03. The highest BCUT2D eigenvalue weighted by Gasteiger charge is 2.01. The van der Waals surface area contributed by atoms with E-state index in [-0.39, 0.29) is 0 Å². The third-order valence-electron chi connectivity index (χ3n) is 1.53. The van der Waals surface area contributed by atoms with Crippen molar-refractivity contribution < 1.29 is 4.74 Å². The zero-order chi connectivity index (χ0) is 9.02. The Balaban J connectivity index is 4.66. The first-order chi connectivity index (χ1) is 5.00. The summed E-state index contributed by atoms with van der Waals surface area (Å²) in [5.41, 5.74) is 8.01. The fourth-order valence-corrected chi connectivity index (χ4v) is 0.623. The van der Waals surface area contributed by atoms with Crippen LogP contribution in [0.1, 0.15) is 13.8 Å². The number of methoxy groups -OCH3 is 1. The van der Waals surface area contributed by atoms with Gasteiger partial charge in [0.1, 0.15) is 5.76 Å². The van der Waals surface area contributed by atoms with E-state index < -0.39 is 0 Å². The van der Waals surface area contributed by atoms with Crippen molar-refractivity contribution >= 4 is 0 Å². The molecule has 0 aliphatic rings. The van der Waals surface area contributed by atoms with E-state index in [0.29, 0.717) is 11.5 Å². The smallest absolute Gasteiger partial charge is 0.116 e. The summed E-state index contributed by atoms with van der Waals surface area (Å²) in [6.45, 7) is 11.1. The van der Waals surface area contributed by atoms with Crippen LogP contribution in [0.25, 0.3) is 0 Å². The lowest BCUT2D eigenvalue weighted by Gasteiger charge is -2.08. The Labute approximate surface area is 68.0 Å². The number of hydrogen-bond acceptors (Lipinski definition) is 2. The van der Waals surface area contributed by atoms with Gasteiger partial charge in [-0.25, -0.2) is 0 Å². The zero-order valence-corrected chi connectivity index (χ0v) is 7.40. The summed E-state index contributed by atoms with van der Waals surface area (Å²) in [6.07, 6.45) is 0. The number of ether oxygens (including phenoxy) is 1. The molecule has 0 heterocycles. The fourth-order valence-electron chi connectivity index (χ4n) is 0.623. The second-order valence-corrected chi connectivity index (χ2v) is 2.45. The lowest BCUT2D eigenvalue weighted by molar-refractivity contribution is 0.302. The predicted octanol–water partition coefficient (Wildman–Crippen LogP) is 1.96. The topological polar surface area (TPSA) is 35.2 Å². The monoisotopic (exact) mass is 153 g/mol. The molecule has 0 aromatic rings. The minimum absolute atomic E-state index is 0.588. The van der Waals surface area contributed by atoms with E-state index in [9.17, 15) is 0 Å². The van der Waals surface area contributed by atoms with Gasteiger partial charge in [0.25, 0.3) is 0 Å². The van der Waals surface area contributed by atoms with Gasteiger partial charge in [-0.05, 0) is 19.4 Å². The molecule has 0 saturated heterocycles. The van der Waals surface area contributed by atoms with Gasteiger partial charge in [0, 0.05) is 11.3 Å².